The van der Waals surface area contributed by atoms with Crippen molar-refractivity contribution in [1.82, 2.24) is 9.29 Å². The number of sulfonamides is 1. The molecular weight excluding hydrogens is 316 g/mol. The maximum atomic E-state index is 12.7. The van der Waals surface area contributed by atoms with Crippen molar-refractivity contribution < 1.29 is 8.42 Å². The van der Waals surface area contributed by atoms with Gasteiger partial charge in [0.15, 0.2) is 0 Å². The summed E-state index contributed by atoms with van der Waals surface area (Å²) in [6.45, 7) is 0.416. The molecule has 2 heterocycles. The average Bonchev–Trinajstić information content (AvgIpc) is 3.12. The second kappa shape index (κ2) is 5.44. The summed E-state index contributed by atoms with van der Waals surface area (Å²) >= 11 is 7.28. The minimum Gasteiger partial charge on any atom is -0.243 e. The summed E-state index contributed by atoms with van der Waals surface area (Å²) in [6, 6.07) is 5.07. The molecule has 20 heavy (non-hydrogen) atoms. The summed E-state index contributed by atoms with van der Waals surface area (Å²) in [4.78, 5) is 4.06. The molecule has 1 aliphatic carbocycles. The van der Waals surface area contributed by atoms with Crippen molar-refractivity contribution in [1.29, 1.82) is 0 Å². The molecule has 0 bridgehead atoms. The first-order valence-electron chi connectivity index (χ1n) is 6.22. The van der Waals surface area contributed by atoms with E-state index < -0.39 is 10.0 Å². The lowest BCUT2D eigenvalue weighted by atomic mass is 10.3. The molecule has 0 atom stereocenters. The fourth-order valence-electron chi connectivity index (χ4n) is 1.99. The maximum Gasteiger partial charge on any atom is 0.245 e. The molecule has 0 amide bonds. The van der Waals surface area contributed by atoms with Gasteiger partial charge >= 0.3 is 0 Å². The van der Waals surface area contributed by atoms with Crippen molar-refractivity contribution >= 4 is 33.0 Å². The quantitative estimate of drug-likeness (QED) is 0.792. The predicted molar refractivity (Wildman–Crippen MR) is 79.3 cm³/mol. The Hall–Kier alpha value is -0.950. The first-order chi connectivity index (χ1) is 9.57. The van der Waals surface area contributed by atoms with Gasteiger partial charge in [0, 0.05) is 18.8 Å². The Morgan fingerprint density at radius 2 is 2.15 bits per heavy atom. The Kier molecular flexibility index (Phi) is 3.81. The van der Waals surface area contributed by atoms with Gasteiger partial charge < -0.3 is 0 Å². The third-order valence-corrected chi connectivity index (χ3v) is 6.02. The van der Waals surface area contributed by atoms with Crippen molar-refractivity contribution in [2.45, 2.75) is 30.3 Å². The van der Waals surface area contributed by atoms with Gasteiger partial charge in [-0.2, -0.15) is 15.6 Å². The largest absolute Gasteiger partial charge is 0.245 e. The average molecular weight is 329 g/mol. The van der Waals surface area contributed by atoms with E-state index in [0.717, 1.165) is 18.4 Å². The van der Waals surface area contributed by atoms with Crippen LogP contribution in [-0.2, 0) is 16.6 Å². The normalized spacial score (nSPS) is 15.7. The molecule has 1 fully saturated rings. The molecule has 0 N–H and O–H groups in total. The van der Waals surface area contributed by atoms with Crippen LogP contribution in [0.3, 0.4) is 0 Å². The minimum atomic E-state index is -3.51. The molecule has 0 aliphatic heterocycles. The highest BCUT2D eigenvalue weighted by Gasteiger charge is 2.38. The number of halogens is 1. The van der Waals surface area contributed by atoms with Gasteiger partial charge in [-0.1, -0.05) is 11.6 Å². The lowest BCUT2D eigenvalue weighted by Gasteiger charge is -2.21. The summed E-state index contributed by atoms with van der Waals surface area (Å²) in [5, 5.41) is 4.22. The summed E-state index contributed by atoms with van der Waals surface area (Å²) in [5.41, 5.74) is 1.02. The minimum absolute atomic E-state index is 0.107. The van der Waals surface area contributed by atoms with Crippen molar-refractivity contribution in [3.05, 3.63) is 45.9 Å². The highest BCUT2D eigenvalue weighted by atomic mass is 35.5. The standard InChI is InChI=1S/C13H13ClN2O2S2/c14-13-4-3-12(7-15-13)20(17,18)16(11-1-2-11)8-10-5-6-19-9-10/h3-7,9,11H,1-2,8H2. The van der Waals surface area contributed by atoms with Gasteiger partial charge in [-0.15, -0.1) is 0 Å². The van der Waals surface area contributed by atoms with Crippen molar-refractivity contribution in [2.24, 2.45) is 0 Å². The number of hydrogen-bond acceptors (Lipinski definition) is 4. The number of rotatable bonds is 5. The van der Waals surface area contributed by atoms with Crippen LogP contribution in [-0.4, -0.2) is 23.7 Å². The van der Waals surface area contributed by atoms with Crippen LogP contribution in [0.1, 0.15) is 18.4 Å². The second-order valence-electron chi connectivity index (χ2n) is 4.73. The fourth-order valence-corrected chi connectivity index (χ4v) is 4.38. The summed E-state index contributed by atoms with van der Waals surface area (Å²) in [6.07, 6.45) is 3.16. The van der Waals surface area contributed by atoms with E-state index in [2.05, 4.69) is 4.98 Å². The van der Waals surface area contributed by atoms with E-state index in [0.29, 0.717) is 11.7 Å². The molecule has 2 aromatic heterocycles. The van der Waals surface area contributed by atoms with Crippen molar-refractivity contribution in [3.63, 3.8) is 0 Å². The van der Waals surface area contributed by atoms with Crippen LogP contribution in [0.25, 0.3) is 0 Å². The third-order valence-electron chi connectivity index (χ3n) is 3.18. The Morgan fingerprint density at radius 3 is 2.70 bits per heavy atom. The van der Waals surface area contributed by atoms with Crippen LogP contribution < -0.4 is 0 Å². The SMILES string of the molecule is O=S(=O)(c1ccc(Cl)nc1)N(Cc1ccsc1)C1CC1. The third kappa shape index (κ3) is 2.88. The van der Waals surface area contributed by atoms with Gasteiger partial charge in [0.05, 0.1) is 0 Å². The molecule has 0 radical (unpaired) electrons. The zero-order chi connectivity index (χ0) is 14.2. The molecule has 2 aromatic rings. The molecule has 7 heteroatoms. The van der Waals surface area contributed by atoms with E-state index in [9.17, 15) is 8.42 Å². The Morgan fingerprint density at radius 1 is 1.35 bits per heavy atom. The van der Waals surface area contributed by atoms with Crippen LogP contribution in [0.4, 0.5) is 0 Å². The second-order valence-corrected chi connectivity index (χ2v) is 7.79. The number of hydrogen-bond donors (Lipinski definition) is 0. The smallest absolute Gasteiger partial charge is 0.243 e. The molecule has 1 saturated carbocycles. The molecule has 1 aliphatic rings. The van der Waals surface area contributed by atoms with E-state index in [4.69, 9.17) is 11.6 Å². The summed E-state index contributed by atoms with van der Waals surface area (Å²) < 4.78 is 27.0. The van der Waals surface area contributed by atoms with Crippen LogP contribution >= 0.6 is 22.9 Å². The number of aromatic nitrogens is 1. The maximum absolute atomic E-state index is 12.7. The molecule has 4 nitrogen and oxygen atoms in total. The molecule has 0 spiro atoms. The molecule has 0 saturated heterocycles. The van der Waals surface area contributed by atoms with Gasteiger partial charge in [0.1, 0.15) is 10.0 Å². The first kappa shape index (κ1) is 14.0. The van der Waals surface area contributed by atoms with Crippen molar-refractivity contribution in [2.75, 3.05) is 0 Å². The van der Waals surface area contributed by atoms with E-state index in [1.165, 1.54) is 18.3 Å². The van der Waals surface area contributed by atoms with Crippen LogP contribution in [0.2, 0.25) is 5.15 Å². The Labute approximate surface area is 127 Å². The lowest BCUT2D eigenvalue weighted by Crippen LogP contribution is -2.32. The van der Waals surface area contributed by atoms with Gasteiger partial charge in [-0.25, -0.2) is 13.4 Å². The molecule has 0 aromatic carbocycles. The molecule has 3 rings (SSSR count). The van der Waals surface area contributed by atoms with Gasteiger partial charge in [0.25, 0.3) is 0 Å². The van der Waals surface area contributed by atoms with Crippen LogP contribution in [0.15, 0.2) is 40.1 Å². The zero-order valence-electron chi connectivity index (χ0n) is 10.6. The van der Waals surface area contributed by atoms with Gasteiger partial charge in [-0.05, 0) is 47.4 Å². The number of nitrogens with zero attached hydrogens (tertiary/aromatic N) is 2. The Bertz CT molecular complexity index is 680. The van der Waals surface area contributed by atoms with Gasteiger partial charge in [-0.3, -0.25) is 0 Å². The topological polar surface area (TPSA) is 50.3 Å². The van der Waals surface area contributed by atoms with E-state index in [1.54, 1.807) is 15.6 Å². The highest BCUT2D eigenvalue weighted by molar-refractivity contribution is 7.89. The van der Waals surface area contributed by atoms with Crippen molar-refractivity contribution in [3.8, 4) is 0 Å². The molecular formula is C13H13ClN2O2S2. The van der Waals surface area contributed by atoms with E-state index in [1.807, 2.05) is 16.8 Å². The number of pyridine rings is 1. The zero-order valence-corrected chi connectivity index (χ0v) is 13.0. The summed E-state index contributed by atoms with van der Waals surface area (Å²) in [5.74, 6) is 0. The molecule has 0 unspecified atom stereocenters. The van der Waals surface area contributed by atoms with Crippen LogP contribution in [0.5, 0.6) is 0 Å². The lowest BCUT2D eigenvalue weighted by molar-refractivity contribution is 0.399. The monoisotopic (exact) mass is 328 g/mol. The Balaban J connectivity index is 1.91. The first-order valence-corrected chi connectivity index (χ1v) is 8.98. The van der Waals surface area contributed by atoms with E-state index >= 15 is 0 Å². The van der Waals surface area contributed by atoms with Crippen LogP contribution in [0, 0.1) is 0 Å². The fraction of sp³-hybridized carbons (Fsp3) is 0.308. The van der Waals surface area contributed by atoms with Gasteiger partial charge in [0.2, 0.25) is 10.0 Å². The van der Waals surface area contributed by atoms with E-state index in [-0.39, 0.29) is 10.9 Å². The highest BCUT2D eigenvalue weighted by Crippen LogP contribution is 2.33. The predicted octanol–water partition coefficient (Wildman–Crippen LogP) is 3.15. The summed E-state index contributed by atoms with van der Waals surface area (Å²) in [7, 11) is -3.51. The number of thiophene rings is 1. The molecule has 106 valence electrons.